The first-order valence-electron chi connectivity index (χ1n) is 10.1. The smallest absolute Gasteiger partial charge is 0.272 e. The lowest BCUT2D eigenvalue weighted by Gasteiger charge is -2.18. The summed E-state index contributed by atoms with van der Waals surface area (Å²) in [6.45, 7) is 2.31. The summed E-state index contributed by atoms with van der Waals surface area (Å²) in [5.74, 6) is -0.540. The maximum absolute atomic E-state index is 14.3. The number of carbonyl (C=O) groups excluding carboxylic acids is 1. The van der Waals surface area contributed by atoms with E-state index in [2.05, 4.69) is 15.3 Å². The Kier molecular flexibility index (Phi) is 6.96. The van der Waals surface area contributed by atoms with Crippen molar-refractivity contribution in [1.82, 2.24) is 19.9 Å². The van der Waals surface area contributed by atoms with Gasteiger partial charge in [0, 0.05) is 24.5 Å². The van der Waals surface area contributed by atoms with Gasteiger partial charge in [0.25, 0.3) is 5.56 Å². The monoisotopic (exact) mass is 468 g/mol. The van der Waals surface area contributed by atoms with Crippen molar-refractivity contribution in [1.29, 1.82) is 0 Å². The Bertz CT molecular complexity index is 1290. The van der Waals surface area contributed by atoms with E-state index in [1.54, 1.807) is 42.0 Å². The molecule has 0 saturated heterocycles. The summed E-state index contributed by atoms with van der Waals surface area (Å²) in [4.78, 5) is 34.7. The predicted molar refractivity (Wildman–Crippen MR) is 125 cm³/mol. The SMILES string of the molecule is CCC(Sc1nc2ccsc2c(=O)n1Cc1ccccc1F)C(=O)NCc1cccnc1. The van der Waals surface area contributed by atoms with Crippen molar-refractivity contribution in [2.75, 3.05) is 0 Å². The van der Waals surface area contributed by atoms with Gasteiger partial charge in [0.1, 0.15) is 10.5 Å². The molecule has 9 heteroatoms. The van der Waals surface area contributed by atoms with Crippen molar-refractivity contribution in [3.63, 3.8) is 0 Å². The van der Waals surface area contributed by atoms with Gasteiger partial charge in [-0.3, -0.25) is 19.1 Å². The molecule has 4 rings (SSSR count). The first-order chi connectivity index (χ1) is 15.6. The summed E-state index contributed by atoms with van der Waals surface area (Å²) in [7, 11) is 0. The largest absolute Gasteiger partial charge is 0.351 e. The van der Waals surface area contributed by atoms with Crippen LogP contribution in [0.3, 0.4) is 0 Å². The molecule has 6 nitrogen and oxygen atoms in total. The van der Waals surface area contributed by atoms with Gasteiger partial charge in [0.05, 0.1) is 17.3 Å². The zero-order valence-electron chi connectivity index (χ0n) is 17.3. The highest BCUT2D eigenvalue weighted by Gasteiger charge is 2.22. The number of nitrogens with zero attached hydrogens (tertiary/aromatic N) is 3. The van der Waals surface area contributed by atoms with Gasteiger partial charge in [-0.05, 0) is 35.6 Å². The van der Waals surface area contributed by atoms with Crippen molar-refractivity contribution < 1.29 is 9.18 Å². The van der Waals surface area contributed by atoms with Crippen LogP contribution in [0.15, 0.2) is 70.2 Å². The molecule has 3 aromatic heterocycles. The van der Waals surface area contributed by atoms with Gasteiger partial charge in [0.2, 0.25) is 5.91 Å². The number of fused-ring (bicyclic) bond motifs is 1. The number of rotatable bonds is 8. The molecule has 0 spiro atoms. The number of amides is 1. The van der Waals surface area contributed by atoms with Crippen LogP contribution in [0.1, 0.15) is 24.5 Å². The van der Waals surface area contributed by atoms with E-state index in [0.717, 1.165) is 5.56 Å². The molecule has 1 unspecified atom stereocenters. The molecule has 0 aliphatic rings. The molecular formula is C23H21FN4O2S2. The second kappa shape index (κ2) is 10.1. The summed E-state index contributed by atoms with van der Waals surface area (Å²) in [5.41, 5.74) is 1.64. The average molecular weight is 469 g/mol. The van der Waals surface area contributed by atoms with Crippen LogP contribution < -0.4 is 10.9 Å². The number of hydrogen-bond acceptors (Lipinski definition) is 6. The molecule has 0 bridgehead atoms. The van der Waals surface area contributed by atoms with Crippen molar-refractivity contribution in [2.45, 2.75) is 36.8 Å². The number of aromatic nitrogens is 3. The van der Waals surface area contributed by atoms with Gasteiger partial charge in [-0.25, -0.2) is 9.37 Å². The Labute approximate surface area is 192 Å². The second-order valence-electron chi connectivity index (χ2n) is 7.11. The number of hydrogen-bond donors (Lipinski definition) is 1. The van der Waals surface area contributed by atoms with E-state index >= 15 is 0 Å². The topological polar surface area (TPSA) is 76.9 Å². The standard InChI is InChI=1S/C23H21FN4O2S2/c1-2-19(21(29)26-13-15-6-5-10-25-12-15)32-23-27-18-9-11-31-20(18)22(30)28(23)14-16-7-3-4-8-17(16)24/h3-12,19H,2,13-14H2,1H3,(H,26,29). The van der Waals surface area contributed by atoms with Gasteiger partial charge >= 0.3 is 0 Å². The third-order valence-electron chi connectivity index (χ3n) is 4.92. The molecule has 1 aromatic carbocycles. The number of pyridine rings is 1. The van der Waals surface area contributed by atoms with Crippen LogP contribution in [0.25, 0.3) is 10.2 Å². The van der Waals surface area contributed by atoms with Gasteiger partial charge in [0.15, 0.2) is 5.16 Å². The molecule has 4 aromatic rings. The van der Waals surface area contributed by atoms with E-state index in [4.69, 9.17) is 0 Å². The number of halogens is 1. The fraction of sp³-hybridized carbons (Fsp3) is 0.217. The maximum Gasteiger partial charge on any atom is 0.272 e. The number of carbonyl (C=O) groups is 1. The van der Waals surface area contributed by atoms with Gasteiger partial charge < -0.3 is 5.32 Å². The maximum atomic E-state index is 14.3. The van der Waals surface area contributed by atoms with E-state index in [1.807, 2.05) is 19.1 Å². The highest BCUT2D eigenvalue weighted by molar-refractivity contribution is 8.00. The molecule has 3 heterocycles. The lowest BCUT2D eigenvalue weighted by atomic mass is 10.2. The number of nitrogens with one attached hydrogen (secondary N) is 1. The summed E-state index contributed by atoms with van der Waals surface area (Å²) >= 11 is 2.53. The molecule has 1 N–H and O–H groups in total. The summed E-state index contributed by atoms with van der Waals surface area (Å²) in [5, 5.41) is 4.67. The molecule has 0 radical (unpaired) electrons. The van der Waals surface area contributed by atoms with Crippen molar-refractivity contribution in [2.24, 2.45) is 0 Å². The third-order valence-corrected chi connectivity index (χ3v) is 7.16. The highest BCUT2D eigenvalue weighted by Crippen LogP contribution is 2.27. The Balaban J connectivity index is 1.62. The quantitative estimate of drug-likeness (QED) is 0.309. The Morgan fingerprint density at radius 1 is 1.25 bits per heavy atom. The Morgan fingerprint density at radius 3 is 2.84 bits per heavy atom. The molecule has 164 valence electrons. The first kappa shape index (κ1) is 22.2. The average Bonchev–Trinajstić information content (AvgIpc) is 3.29. The minimum absolute atomic E-state index is 0.0441. The summed E-state index contributed by atoms with van der Waals surface area (Å²) < 4.78 is 16.3. The zero-order chi connectivity index (χ0) is 22.5. The second-order valence-corrected chi connectivity index (χ2v) is 9.19. The van der Waals surface area contributed by atoms with E-state index < -0.39 is 5.25 Å². The van der Waals surface area contributed by atoms with Crippen LogP contribution in [0.2, 0.25) is 0 Å². The van der Waals surface area contributed by atoms with Crippen LogP contribution in [-0.4, -0.2) is 25.7 Å². The number of thiophene rings is 1. The molecule has 0 aliphatic carbocycles. The third kappa shape index (κ3) is 4.89. The molecule has 0 fully saturated rings. The van der Waals surface area contributed by atoms with Crippen LogP contribution in [0.5, 0.6) is 0 Å². The molecule has 32 heavy (non-hydrogen) atoms. The fourth-order valence-corrected chi connectivity index (χ4v) is 5.02. The minimum atomic E-state index is -0.457. The van der Waals surface area contributed by atoms with E-state index in [9.17, 15) is 14.0 Å². The number of benzene rings is 1. The van der Waals surface area contributed by atoms with E-state index in [1.165, 1.54) is 33.7 Å². The lowest BCUT2D eigenvalue weighted by Crippen LogP contribution is -2.33. The zero-order valence-corrected chi connectivity index (χ0v) is 19.0. The summed E-state index contributed by atoms with van der Waals surface area (Å²) in [6, 6.07) is 11.8. The van der Waals surface area contributed by atoms with Gasteiger partial charge in [-0.2, -0.15) is 0 Å². The molecular weight excluding hydrogens is 447 g/mol. The van der Waals surface area contributed by atoms with Crippen LogP contribution in [0.4, 0.5) is 4.39 Å². The van der Waals surface area contributed by atoms with E-state index in [-0.39, 0.29) is 23.8 Å². The van der Waals surface area contributed by atoms with Gasteiger partial charge in [-0.15, -0.1) is 11.3 Å². The Morgan fingerprint density at radius 2 is 2.09 bits per heavy atom. The molecule has 1 atom stereocenters. The summed E-state index contributed by atoms with van der Waals surface area (Å²) in [6.07, 6.45) is 3.92. The molecule has 1 amide bonds. The first-order valence-corrected chi connectivity index (χ1v) is 11.9. The van der Waals surface area contributed by atoms with Crippen molar-refractivity contribution in [3.05, 3.63) is 87.5 Å². The van der Waals surface area contributed by atoms with Crippen molar-refractivity contribution >= 4 is 39.2 Å². The molecule has 0 saturated carbocycles. The highest BCUT2D eigenvalue weighted by atomic mass is 32.2. The predicted octanol–water partition coefficient (Wildman–Crippen LogP) is 4.23. The fourth-order valence-electron chi connectivity index (χ4n) is 3.20. The molecule has 0 aliphatic heterocycles. The van der Waals surface area contributed by atoms with Crippen LogP contribution in [-0.2, 0) is 17.9 Å². The van der Waals surface area contributed by atoms with E-state index in [0.29, 0.717) is 33.9 Å². The normalized spacial score (nSPS) is 12.1. The van der Waals surface area contributed by atoms with Crippen LogP contribution >= 0.6 is 23.1 Å². The van der Waals surface area contributed by atoms with Crippen LogP contribution in [0, 0.1) is 5.82 Å². The Hall–Kier alpha value is -3.04. The van der Waals surface area contributed by atoms with Gasteiger partial charge in [-0.1, -0.05) is 43.0 Å². The van der Waals surface area contributed by atoms with Crippen molar-refractivity contribution in [3.8, 4) is 0 Å². The lowest BCUT2D eigenvalue weighted by molar-refractivity contribution is -0.120. The minimum Gasteiger partial charge on any atom is -0.351 e. The number of thioether (sulfide) groups is 1.